The summed E-state index contributed by atoms with van der Waals surface area (Å²) in [5.74, 6) is 0. The van der Waals surface area contributed by atoms with Crippen LogP contribution in [0.4, 0.5) is 8.78 Å². The highest BCUT2D eigenvalue weighted by Gasteiger charge is 2.51. The van der Waals surface area contributed by atoms with E-state index in [0.717, 1.165) is 6.07 Å². The second-order valence-corrected chi connectivity index (χ2v) is 6.46. The average Bonchev–Trinajstić information content (AvgIpc) is 2.07. The van der Waals surface area contributed by atoms with Crippen LogP contribution in [0.1, 0.15) is 5.56 Å². The zero-order chi connectivity index (χ0) is 11.9. The molecule has 2 N–H and O–H groups in total. The van der Waals surface area contributed by atoms with Crippen molar-refractivity contribution in [1.29, 1.82) is 0 Å². The molecule has 0 aliphatic carbocycles. The highest BCUT2D eigenvalue weighted by Crippen LogP contribution is 2.60. The average molecular weight is 413 g/mol. The summed E-state index contributed by atoms with van der Waals surface area (Å²) in [7, 11) is -5.50. The Balaban J connectivity index is 3.39. The molecule has 1 aromatic rings. The molecule has 1 aromatic carbocycles. The molecule has 0 spiro atoms. The van der Waals surface area contributed by atoms with E-state index in [1.54, 1.807) is 28.7 Å². The molecule has 1 rings (SSSR count). The van der Waals surface area contributed by atoms with Gasteiger partial charge in [0, 0.05) is 13.6 Å². The Hall–Kier alpha value is 0.440. The lowest BCUT2D eigenvalue weighted by Crippen LogP contribution is -2.14. The van der Waals surface area contributed by atoms with Gasteiger partial charge in [0.25, 0.3) is 0 Å². The molecule has 0 fully saturated rings. The summed E-state index contributed by atoms with van der Waals surface area (Å²) in [6.45, 7) is 0. The van der Waals surface area contributed by atoms with Crippen molar-refractivity contribution in [2.75, 3.05) is 0 Å². The predicted molar refractivity (Wildman–Crippen MR) is 62.8 cm³/mol. The van der Waals surface area contributed by atoms with Crippen LogP contribution >= 0.6 is 46.1 Å². The van der Waals surface area contributed by atoms with Crippen LogP contribution in [-0.4, -0.2) is 9.79 Å². The van der Waals surface area contributed by atoms with Crippen LogP contribution in [0.15, 0.2) is 22.7 Å². The maximum absolute atomic E-state index is 13.3. The molecule has 0 saturated carbocycles. The quantitative estimate of drug-likeness (QED) is 0.579. The zero-order valence-corrected chi connectivity index (χ0v) is 11.6. The Labute approximate surface area is 106 Å². The van der Waals surface area contributed by atoms with E-state index >= 15 is 0 Å². The van der Waals surface area contributed by atoms with Gasteiger partial charge in [-0.15, -0.1) is 0 Å². The molecule has 3 nitrogen and oxygen atoms in total. The van der Waals surface area contributed by atoms with E-state index in [-0.39, 0.29) is 4.47 Å². The number of hydrogen-bond donors (Lipinski definition) is 2. The lowest BCUT2D eigenvalue weighted by molar-refractivity contribution is 0.0556. The van der Waals surface area contributed by atoms with Crippen molar-refractivity contribution in [3.8, 4) is 0 Å². The predicted octanol–water partition coefficient (Wildman–Crippen LogP) is 3.28. The van der Waals surface area contributed by atoms with Crippen molar-refractivity contribution in [3.05, 3.63) is 31.8 Å². The van der Waals surface area contributed by atoms with Gasteiger partial charge in [-0.3, -0.25) is 4.57 Å². The maximum atomic E-state index is 13.3. The van der Waals surface area contributed by atoms with Crippen molar-refractivity contribution in [2.45, 2.75) is 5.66 Å². The molecule has 0 amide bonds. The van der Waals surface area contributed by atoms with E-state index in [0.29, 0.717) is 3.57 Å². The van der Waals surface area contributed by atoms with Crippen molar-refractivity contribution in [2.24, 2.45) is 0 Å². The van der Waals surface area contributed by atoms with Gasteiger partial charge < -0.3 is 9.79 Å². The molecule has 15 heavy (non-hydrogen) atoms. The molecule has 0 radical (unpaired) electrons. The normalized spacial score (nSPS) is 12.9. The standard InChI is InChI=1S/C7H5BrF2IO3P/c8-6-2-1-4(11)3-5(6)7(9,10)15(12,13)14/h1-3H,(H2,12,13,14). The molecule has 84 valence electrons. The number of hydrogen-bond acceptors (Lipinski definition) is 1. The molecular weight excluding hydrogens is 408 g/mol. The lowest BCUT2D eigenvalue weighted by Gasteiger charge is -2.19. The van der Waals surface area contributed by atoms with Crippen LogP contribution < -0.4 is 0 Å². The number of alkyl halides is 2. The van der Waals surface area contributed by atoms with Crippen LogP contribution in [-0.2, 0) is 10.2 Å². The topological polar surface area (TPSA) is 57.5 Å². The van der Waals surface area contributed by atoms with Gasteiger partial charge in [-0.2, -0.15) is 8.78 Å². The fourth-order valence-corrected chi connectivity index (χ4v) is 2.52. The molecule has 0 unspecified atom stereocenters. The minimum absolute atomic E-state index is 0.0313. The molecule has 8 heteroatoms. The third-order valence-electron chi connectivity index (χ3n) is 1.62. The van der Waals surface area contributed by atoms with Crippen molar-refractivity contribution >= 4 is 46.1 Å². The molecule has 0 saturated heterocycles. The van der Waals surface area contributed by atoms with Gasteiger partial charge in [-0.05, 0) is 40.8 Å². The van der Waals surface area contributed by atoms with Crippen molar-refractivity contribution in [3.63, 3.8) is 0 Å². The first-order valence-corrected chi connectivity index (χ1v) is 7.03. The smallest absolute Gasteiger partial charge is 0.320 e. The molecule has 0 bridgehead atoms. The minimum atomic E-state index is -5.50. The van der Waals surface area contributed by atoms with Gasteiger partial charge in [-0.1, -0.05) is 15.9 Å². The summed E-state index contributed by atoms with van der Waals surface area (Å²) >= 11 is 4.62. The van der Waals surface area contributed by atoms with Crippen LogP contribution in [0, 0.1) is 3.57 Å². The number of halogens is 4. The third-order valence-corrected chi connectivity index (χ3v) is 3.95. The third kappa shape index (κ3) is 2.76. The Morgan fingerprint density at radius 2 is 1.93 bits per heavy atom. The first-order valence-electron chi connectivity index (χ1n) is 3.55. The van der Waals surface area contributed by atoms with Crippen LogP contribution in [0.3, 0.4) is 0 Å². The van der Waals surface area contributed by atoms with Gasteiger partial charge in [0.15, 0.2) is 0 Å². The van der Waals surface area contributed by atoms with Crippen LogP contribution in [0.25, 0.3) is 0 Å². The van der Waals surface area contributed by atoms with Crippen LogP contribution in [0.2, 0.25) is 0 Å². The van der Waals surface area contributed by atoms with Gasteiger partial charge in [-0.25, -0.2) is 0 Å². The Bertz CT molecular complexity index is 434. The fourth-order valence-electron chi connectivity index (χ4n) is 0.885. The first-order chi connectivity index (χ1) is 6.66. The molecule has 0 aliphatic heterocycles. The summed E-state index contributed by atoms with van der Waals surface area (Å²) in [5.41, 5.74) is -4.88. The summed E-state index contributed by atoms with van der Waals surface area (Å²) < 4.78 is 37.7. The zero-order valence-electron chi connectivity index (χ0n) is 6.99. The minimum Gasteiger partial charge on any atom is -0.320 e. The molecule has 0 heterocycles. The van der Waals surface area contributed by atoms with E-state index in [9.17, 15) is 13.3 Å². The largest absolute Gasteiger partial charge is 0.399 e. The second-order valence-electron chi connectivity index (χ2n) is 2.71. The lowest BCUT2D eigenvalue weighted by atomic mass is 10.2. The SMILES string of the molecule is O=P(O)(O)C(F)(F)c1cc(I)ccc1Br. The van der Waals surface area contributed by atoms with E-state index in [1.165, 1.54) is 6.07 Å². The number of benzene rings is 1. The van der Waals surface area contributed by atoms with Crippen LogP contribution in [0.5, 0.6) is 0 Å². The Morgan fingerprint density at radius 3 is 2.40 bits per heavy atom. The first kappa shape index (κ1) is 13.5. The molecule has 0 atom stereocenters. The van der Waals surface area contributed by atoms with Gasteiger partial charge >= 0.3 is 13.3 Å². The summed E-state index contributed by atoms with van der Waals surface area (Å²) in [4.78, 5) is 17.1. The molecule has 0 aliphatic rings. The molecule has 0 aromatic heterocycles. The summed E-state index contributed by atoms with van der Waals surface area (Å²) in [6.07, 6.45) is 0. The van der Waals surface area contributed by atoms with Gasteiger partial charge in [0.2, 0.25) is 0 Å². The van der Waals surface area contributed by atoms with E-state index < -0.39 is 18.8 Å². The highest BCUT2D eigenvalue weighted by atomic mass is 127. The highest BCUT2D eigenvalue weighted by molar-refractivity contribution is 14.1. The van der Waals surface area contributed by atoms with E-state index in [2.05, 4.69) is 15.9 Å². The fraction of sp³-hybridized carbons (Fsp3) is 0.143. The second kappa shape index (κ2) is 4.37. The van der Waals surface area contributed by atoms with E-state index in [1.807, 2.05) is 0 Å². The monoisotopic (exact) mass is 412 g/mol. The van der Waals surface area contributed by atoms with Gasteiger partial charge in [0.1, 0.15) is 0 Å². The Kier molecular flexibility index (Phi) is 3.93. The van der Waals surface area contributed by atoms with E-state index in [4.69, 9.17) is 9.79 Å². The summed E-state index contributed by atoms with van der Waals surface area (Å²) in [6, 6.07) is 3.90. The Morgan fingerprint density at radius 1 is 1.40 bits per heavy atom. The maximum Gasteiger partial charge on any atom is 0.399 e. The summed E-state index contributed by atoms with van der Waals surface area (Å²) in [5, 5.41) is 0. The van der Waals surface area contributed by atoms with Crippen molar-refractivity contribution < 1.29 is 23.1 Å². The molecular formula is C7H5BrF2IO3P. The van der Waals surface area contributed by atoms with Crippen molar-refractivity contribution in [1.82, 2.24) is 0 Å². The van der Waals surface area contributed by atoms with Gasteiger partial charge in [0.05, 0.1) is 0 Å². The number of rotatable bonds is 2.